The Balaban J connectivity index is 1.74. The van der Waals surface area contributed by atoms with Crippen LogP contribution in [0.25, 0.3) is 22.2 Å². The fraction of sp³-hybridized carbons (Fsp3) is 0.286. The molecule has 0 bridgehead atoms. The second-order valence-corrected chi connectivity index (χ2v) is 6.77. The number of para-hydroxylation sites is 1. The molecule has 2 N–H and O–H groups in total. The van der Waals surface area contributed by atoms with Crippen LogP contribution in [-0.2, 0) is 0 Å². The van der Waals surface area contributed by atoms with Crippen LogP contribution in [-0.4, -0.2) is 34.5 Å². The Bertz CT molecular complexity index is 926. The number of hydrogen-bond donors (Lipinski definition) is 2. The third-order valence-corrected chi connectivity index (χ3v) is 5.02. The van der Waals surface area contributed by atoms with Crippen molar-refractivity contribution in [2.45, 2.75) is 31.8 Å². The summed E-state index contributed by atoms with van der Waals surface area (Å²) >= 11 is 0. The van der Waals surface area contributed by atoms with Crippen molar-refractivity contribution >= 4 is 16.8 Å². The van der Waals surface area contributed by atoms with E-state index in [-0.39, 0.29) is 18.0 Å². The monoisotopic (exact) mass is 346 g/mol. The zero-order valence-corrected chi connectivity index (χ0v) is 14.8. The second kappa shape index (κ2) is 7.22. The van der Waals surface area contributed by atoms with E-state index in [1.165, 1.54) is 0 Å². The van der Waals surface area contributed by atoms with E-state index in [1.54, 1.807) is 12.4 Å². The van der Waals surface area contributed by atoms with Gasteiger partial charge in [-0.05, 0) is 50.6 Å². The van der Waals surface area contributed by atoms with Crippen molar-refractivity contribution in [3.63, 3.8) is 0 Å². The predicted molar refractivity (Wildman–Crippen MR) is 103 cm³/mol. The normalized spacial score (nSPS) is 20.0. The summed E-state index contributed by atoms with van der Waals surface area (Å²) in [6.45, 7) is 3.13. The van der Waals surface area contributed by atoms with Gasteiger partial charge in [0.2, 0.25) is 0 Å². The van der Waals surface area contributed by atoms with Gasteiger partial charge in [-0.3, -0.25) is 9.78 Å². The van der Waals surface area contributed by atoms with E-state index < -0.39 is 0 Å². The highest BCUT2D eigenvalue weighted by Crippen LogP contribution is 2.25. The standard InChI is InChI=1S/C21H22N4O/c1-14-18(7-4-10-23-14)25-21(26)17-13-20(15-8-11-22-12-9-15)24-19-6-3-2-5-16(17)19/h2-3,5-6,8-9,11-14,18,23H,4,7,10H2,1H3,(H,25,26). The van der Waals surface area contributed by atoms with Gasteiger partial charge in [0.1, 0.15) is 0 Å². The Labute approximate surface area is 152 Å². The van der Waals surface area contributed by atoms with Crippen LogP contribution < -0.4 is 10.6 Å². The van der Waals surface area contributed by atoms with Crippen molar-refractivity contribution in [2.75, 3.05) is 6.54 Å². The maximum absolute atomic E-state index is 13.1. The van der Waals surface area contributed by atoms with Gasteiger partial charge in [0, 0.05) is 35.4 Å². The summed E-state index contributed by atoms with van der Waals surface area (Å²) in [5, 5.41) is 7.52. The summed E-state index contributed by atoms with van der Waals surface area (Å²) in [5.41, 5.74) is 3.22. The first-order valence-electron chi connectivity index (χ1n) is 9.07. The Kier molecular flexibility index (Phi) is 4.63. The van der Waals surface area contributed by atoms with Gasteiger partial charge in [-0.15, -0.1) is 0 Å². The molecule has 5 heteroatoms. The molecule has 4 rings (SSSR count). The molecule has 2 unspecified atom stereocenters. The fourth-order valence-corrected chi connectivity index (χ4v) is 3.52. The van der Waals surface area contributed by atoms with E-state index in [9.17, 15) is 4.79 Å². The average molecular weight is 346 g/mol. The van der Waals surface area contributed by atoms with Crippen LogP contribution in [0.2, 0.25) is 0 Å². The van der Waals surface area contributed by atoms with Crippen molar-refractivity contribution in [1.29, 1.82) is 0 Å². The number of piperidine rings is 1. The van der Waals surface area contributed by atoms with Crippen LogP contribution in [0.15, 0.2) is 54.9 Å². The third kappa shape index (κ3) is 3.30. The number of pyridine rings is 2. The molecule has 1 fully saturated rings. The molecule has 2 atom stereocenters. The summed E-state index contributed by atoms with van der Waals surface area (Å²) in [6, 6.07) is 13.9. The maximum Gasteiger partial charge on any atom is 0.252 e. The summed E-state index contributed by atoms with van der Waals surface area (Å²) in [5.74, 6) is -0.0422. The third-order valence-electron chi connectivity index (χ3n) is 5.02. The minimum atomic E-state index is -0.0422. The van der Waals surface area contributed by atoms with Gasteiger partial charge in [0.15, 0.2) is 0 Å². The molecule has 0 spiro atoms. The minimum Gasteiger partial charge on any atom is -0.348 e. The summed E-state index contributed by atoms with van der Waals surface area (Å²) < 4.78 is 0. The highest BCUT2D eigenvalue weighted by molar-refractivity contribution is 6.07. The van der Waals surface area contributed by atoms with E-state index in [4.69, 9.17) is 4.98 Å². The van der Waals surface area contributed by atoms with E-state index in [2.05, 4.69) is 22.5 Å². The van der Waals surface area contributed by atoms with Crippen LogP contribution in [0.4, 0.5) is 0 Å². The largest absolute Gasteiger partial charge is 0.348 e. The first-order chi connectivity index (χ1) is 12.7. The van der Waals surface area contributed by atoms with Crippen molar-refractivity contribution in [2.24, 2.45) is 0 Å². The zero-order chi connectivity index (χ0) is 17.9. The number of hydrogen-bond acceptors (Lipinski definition) is 4. The van der Waals surface area contributed by atoms with Crippen LogP contribution in [0.5, 0.6) is 0 Å². The quantitative estimate of drug-likeness (QED) is 0.764. The molecular formula is C21H22N4O. The van der Waals surface area contributed by atoms with Crippen molar-refractivity contribution in [1.82, 2.24) is 20.6 Å². The van der Waals surface area contributed by atoms with E-state index >= 15 is 0 Å². The molecule has 3 aromatic rings. The number of carbonyl (C=O) groups is 1. The number of rotatable bonds is 3. The van der Waals surface area contributed by atoms with Gasteiger partial charge in [-0.25, -0.2) is 4.98 Å². The van der Waals surface area contributed by atoms with Crippen LogP contribution >= 0.6 is 0 Å². The molecule has 1 saturated heterocycles. The Morgan fingerprint density at radius 3 is 2.81 bits per heavy atom. The Morgan fingerprint density at radius 2 is 2.00 bits per heavy atom. The first kappa shape index (κ1) is 16.7. The average Bonchev–Trinajstić information content (AvgIpc) is 2.69. The van der Waals surface area contributed by atoms with Crippen molar-refractivity contribution in [3.8, 4) is 11.3 Å². The van der Waals surface area contributed by atoms with Gasteiger partial charge >= 0.3 is 0 Å². The SMILES string of the molecule is CC1NCCCC1NC(=O)c1cc(-c2ccncc2)nc2ccccc12. The number of benzene rings is 1. The number of fused-ring (bicyclic) bond motifs is 1. The summed E-state index contributed by atoms with van der Waals surface area (Å²) in [4.78, 5) is 21.9. The van der Waals surface area contributed by atoms with Crippen molar-refractivity contribution in [3.05, 3.63) is 60.4 Å². The number of aromatic nitrogens is 2. The molecule has 132 valence electrons. The summed E-state index contributed by atoms with van der Waals surface area (Å²) in [6.07, 6.45) is 5.55. The van der Waals surface area contributed by atoms with Gasteiger partial charge in [-0.2, -0.15) is 0 Å². The fourth-order valence-electron chi connectivity index (χ4n) is 3.52. The second-order valence-electron chi connectivity index (χ2n) is 6.77. The molecule has 5 nitrogen and oxygen atoms in total. The van der Waals surface area contributed by atoms with Gasteiger partial charge in [0.05, 0.1) is 16.8 Å². The highest BCUT2D eigenvalue weighted by atomic mass is 16.1. The lowest BCUT2D eigenvalue weighted by Crippen LogP contribution is -2.51. The molecule has 0 saturated carbocycles. The minimum absolute atomic E-state index is 0.0422. The molecule has 2 aromatic heterocycles. The van der Waals surface area contributed by atoms with Crippen LogP contribution in [0, 0.1) is 0 Å². The predicted octanol–water partition coefficient (Wildman–Crippen LogP) is 3.17. The summed E-state index contributed by atoms with van der Waals surface area (Å²) in [7, 11) is 0. The zero-order valence-electron chi connectivity index (χ0n) is 14.8. The molecule has 26 heavy (non-hydrogen) atoms. The number of carbonyl (C=O) groups excluding carboxylic acids is 1. The number of amides is 1. The topological polar surface area (TPSA) is 66.9 Å². The Hall–Kier alpha value is -2.79. The molecule has 1 aliphatic heterocycles. The molecule has 3 heterocycles. The van der Waals surface area contributed by atoms with Crippen LogP contribution in [0.1, 0.15) is 30.1 Å². The lowest BCUT2D eigenvalue weighted by atomic mass is 9.98. The maximum atomic E-state index is 13.1. The molecule has 1 amide bonds. The van der Waals surface area contributed by atoms with Gasteiger partial charge < -0.3 is 10.6 Å². The lowest BCUT2D eigenvalue weighted by molar-refractivity contribution is 0.0921. The van der Waals surface area contributed by atoms with Gasteiger partial charge in [0.25, 0.3) is 5.91 Å². The van der Waals surface area contributed by atoms with E-state index in [0.29, 0.717) is 5.56 Å². The van der Waals surface area contributed by atoms with Gasteiger partial charge in [-0.1, -0.05) is 18.2 Å². The van der Waals surface area contributed by atoms with Crippen LogP contribution in [0.3, 0.4) is 0 Å². The molecular weight excluding hydrogens is 324 g/mol. The highest BCUT2D eigenvalue weighted by Gasteiger charge is 2.24. The number of nitrogens with zero attached hydrogens (tertiary/aromatic N) is 2. The molecule has 0 radical (unpaired) electrons. The Morgan fingerprint density at radius 1 is 1.19 bits per heavy atom. The molecule has 1 aromatic carbocycles. The van der Waals surface area contributed by atoms with E-state index in [1.807, 2.05) is 42.5 Å². The lowest BCUT2D eigenvalue weighted by Gasteiger charge is -2.30. The first-order valence-corrected chi connectivity index (χ1v) is 9.07. The van der Waals surface area contributed by atoms with E-state index in [0.717, 1.165) is 41.5 Å². The molecule has 1 aliphatic rings. The molecule has 0 aliphatic carbocycles. The van der Waals surface area contributed by atoms with Crippen molar-refractivity contribution < 1.29 is 4.79 Å². The smallest absolute Gasteiger partial charge is 0.252 e. The number of nitrogens with one attached hydrogen (secondary N) is 2.